The summed E-state index contributed by atoms with van der Waals surface area (Å²) >= 11 is 13.9. The van der Waals surface area contributed by atoms with Crippen LogP contribution in [0.1, 0.15) is 35.3 Å². The Labute approximate surface area is 186 Å². The first-order valence-electron chi connectivity index (χ1n) is 9.71. The molecule has 154 valence electrons. The van der Waals surface area contributed by atoms with Gasteiger partial charge in [-0.2, -0.15) is 0 Å². The number of carbonyl (C=O) groups excluding carboxylic acids is 1. The molecule has 0 saturated carbocycles. The summed E-state index contributed by atoms with van der Waals surface area (Å²) in [6, 6.07) is 9.18. The van der Waals surface area contributed by atoms with Gasteiger partial charge < -0.3 is 4.90 Å². The molecule has 0 aliphatic heterocycles. The predicted molar refractivity (Wildman–Crippen MR) is 125 cm³/mol. The van der Waals surface area contributed by atoms with Gasteiger partial charge in [0.05, 0.1) is 20.8 Å². The number of benzene rings is 2. The lowest BCUT2D eigenvalue weighted by atomic mass is 10.1. The van der Waals surface area contributed by atoms with Crippen molar-refractivity contribution in [3.63, 3.8) is 0 Å². The number of halogens is 2. The Balaban J connectivity index is 2.01. The minimum absolute atomic E-state index is 0.161. The van der Waals surface area contributed by atoms with Gasteiger partial charge in [-0.3, -0.25) is 9.69 Å². The van der Waals surface area contributed by atoms with Crippen molar-refractivity contribution in [1.82, 2.24) is 9.88 Å². The summed E-state index contributed by atoms with van der Waals surface area (Å²) in [6.07, 6.45) is 0. The highest BCUT2D eigenvalue weighted by Gasteiger charge is 2.24. The minimum Gasteiger partial charge on any atom is -0.302 e. The Hall–Kier alpha value is -1.66. The molecule has 4 nitrogen and oxygen atoms in total. The molecule has 1 aromatic heterocycles. The molecule has 0 fully saturated rings. The van der Waals surface area contributed by atoms with Gasteiger partial charge in [0.2, 0.25) is 0 Å². The van der Waals surface area contributed by atoms with Crippen LogP contribution in [0, 0.1) is 13.8 Å². The van der Waals surface area contributed by atoms with Crippen LogP contribution in [-0.2, 0) is 0 Å². The Morgan fingerprint density at radius 1 is 1.03 bits per heavy atom. The maximum absolute atomic E-state index is 13.4. The molecule has 1 amide bonds. The van der Waals surface area contributed by atoms with Gasteiger partial charge in [-0.1, -0.05) is 48.4 Å². The van der Waals surface area contributed by atoms with Crippen LogP contribution in [0.25, 0.3) is 10.2 Å². The number of hydrogen-bond acceptors (Lipinski definition) is 4. The lowest BCUT2D eigenvalue weighted by Crippen LogP contribution is -2.39. The molecule has 3 aromatic rings. The Bertz CT molecular complexity index is 991. The van der Waals surface area contributed by atoms with Crippen LogP contribution in [0.4, 0.5) is 5.13 Å². The van der Waals surface area contributed by atoms with Gasteiger partial charge in [0.1, 0.15) is 0 Å². The van der Waals surface area contributed by atoms with Crippen LogP contribution in [0.15, 0.2) is 30.3 Å². The van der Waals surface area contributed by atoms with E-state index >= 15 is 0 Å². The third-order valence-corrected chi connectivity index (χ3v) is 6.75. The summed E-state index contributed by atoms with van der Waals surface area (Å²) in [5.74, 6) is -0.161. The van der Waals surface area contributed by atoms with E-state index in [1.807, 2.05) is 0 Å². The van der Waals surface area contributed by atoms with E-state index in [4.69, 9.17) is 28.2 Å². The summed E-state index contributed by atoms with van der Waals surface area (Å²) in [7, 11) is 0. The number of carbonyl (C=O) groups is 1. The van der Waals surface area contributed by atoms with Crippen molar-refractivity contribution < 1.29 is 4.79 Å². The normalized spacial score (nSPS) is 11.4. The van der Waals surface area contributed by atoms with Crippen molar-refractivity contribution in [1.29, 1.82) is 0 Å². The minimum atomic E-state index is -0.161. The molecule has 0 unspecified atom stereocenters. The van der Waals surface area contributed by atoms with Gasteiger partial charge >= 0.3 is 0 Å². The lowest BCUT2D eigenvalue weighted by molar-refractivity contribution is 0.0984. The summed E-state index contributed by atoms with van der Waals surface area (Å²) in [5.41, 5.74) is 3.75. The second-order valence-corrected chi connectivity index (χ2v) is 8.86. The van der Waals surface area contributed by atoms with Gasteiger partial charge in [-0.05, 0) is 68.4 Å². The van der Waals surface area contributed by atoms with Gasteiger partial charge in [0, 0.05) is 18.1 Å². The van der Waals surface area contributed by atoms with Crippen LogP contribution in [0.2, 0.25) is 10.0 Å². The smallest absolute Gasteiger partial charge is 0.261 e. The Morgan fingerprint density at radius 3 is 2.38 bits per heavy atom. The Kier molecular flexibility index (Phi) is 7.17. The van der Waals surface area contributed by atoms with Crippen molar-refractivity contribution in [3.05, 3.63) is 57.1 Å². The quantitative estimate of drug-likeness (QED) is 0.430. The summed E-state index contributed by atoms with van der Waals surface area (Å²) in [4.78, 5) is 22.2. The summed E-state index contributed by atoms with van der Waals surface area (Å²) in [5, 5.41) is 1.54. The highest BCUT2D eigenvalue weighted by atomic mass is 35.5. The monoisotopic (exact) mass is 449 g/mol. The van der Waals surface area contributed by atoms with Gasteiger partial charge in [0.25, 0.3) is 5.91 Å². The molecule has 7 heteroatoms. The number of aryl methyl sites for hydroxylation is 2. The molecular formula is C22H25Cl2N3OS. The van der Waals surface area contributed by atoms with Crippen LogP contribution in [-0.4, -0.2) is 42.0 Å². The summed E-state index contributed by atoms with van der Waals surface area (Å²) < 4.78 is 1.07. The molecule has 3 rings (SSSR count). The number of nitrogens with zero attached hydrogens (tertiary/aromatic N) is 3. The third-order valence-electron chi connectivity index (χ3n) is 5.16. The molecule has 0 aliphatic carbocycles. The fraction of sp³-hybridized carbons (Fsp3) is 0.364. The lowest BCUT2D eigenvalue weighted by Gasteiger charge is -2.25. The Morgan fingerprint density at radius 2 is 1.72 bits per heavy atom. The summed E-state index contributed by atoms with van der Waals surface area (Å²) in [6.45, 7) is 11.6. The van der Waals surface area contributed by atoms with Crippen molar-refractivity contribution in [3.8, 4) is 0 Å². The SMILES string of the molecule is CCN(CC)CCN(C(=O)c1ccc(Cl)cc1Cl)c1nc2cc(C)c(C)cc2s1. The fourth-order valence-corrected chi connectivity index (χ4v) is 4.72. The largest absolute Gasteiger partial charge is 0.302 e. The van der Waals surface area contributed by atoms with E-state index in [-0.39, 0.29) is 5.91 Å². The zero-order chi connectivity index (χ0) is 21.1. The number of amides is 1. The standard InChI is InChI=1S/C22H25Cl2N3OS/c1-5-26(6-2)9-10-27(21(28)17-8-7-16(23)13-18(17)24)22-25-19-11-14(3)15(4)12-20(19)29-22/h7-8,11-13H,5-6,9-10H2,1-4H3. The second kappa shape index (κ2) is 9.43. The zero-order valence-corrected chi connectivity index (χ0v) is 19.5. The van der Waals surface area contributed by atoms with Gasteiger partial charge in [0.15, 0.2) is 5.13 Å². The number of hydrogen-bond donors (Lipinski definition) is 0. The van der Waals surface area contributed by atoms with Crippen LogP contribution < -0.4 is 4.90 Å². The molecule has 0 radical (unpaired) electrons. The number of anilines is 1. The molecule has 0 N–H and O–H groups in total. The molecule has 29 heavy (non-hydrogen) atoms. The number of likely N-dealkylation sites (N-methyl/N-ethyl adjacent to an activating group) is 1. The van der Waals surface area contributed by atoms with E-state index in [1.54, 1.807) is 23.1 Å². The highest BCUT2D eigenvalue weighted by Crippen LogP contribution is 2.32. The van der Waals surface area contributed by atoms with E-state index in [1.165, 1.54) is 22.5 Å². The number of rotatable bonds is 7. The van der Waals surface area contributed by atoms with Gasteiger partial charge in [-0.15, -0.1) is 0 Å². The molecule has 0 bridgehead atoms. The molecule has 1 heterocycles. The van der Waals surface area contributed by atoms with E-state index in [0.29, 0.717) is 27.3 Å². The van der Waals surface area contributed by atoms with E-state index in [9.17, 15) is 4.79 Å². The average molecular weight is 450 g/mol. The predicted octanol–water partition coefficient (Wildman–Crippen LogP) is 6.21. The van der Waals surface area contributed by atoms with E-state index in [0.717, 1.165) is 29.9 Å². The van der Waals surface area contributed by atoms with Crippen molar-refractivity contribution >= 4 is 55.8 Å². The van der Waals surface area contributed by atoms with Crippen LogP contribution in [0.5, 0.6) is 0 Å². The fourth-order valence-electron chi connectivity index (χ4n) is 3.16. The average Bonchev–Trinajstić information content (AvgIpc) is 3.07. The first-order valence-corrected chi connectivity index (χ1v) is 11.3. The van der Waals surface area contributed by atoms with Crippen LogP contribution in [0.3, 0.4) is 0 Å². The van der Waals surface area contributed by atoms with Crippen molar-refractivity contribution in [2.24, 2.45) is 0 Å². The number of thiazole rings is 1. The van der Waals surface area contributed by atoms with Crippen molar-refractivity contribution in [2.45, 2.75) is 27.7 Å². The molecule has 0 spiro atoms. The topological polar surface area (TPSA) is 36.4 Å². The maximum atomic E-state index is 13.4. The van der Waals surface area contributed by atoms with E-state index in [2.05, 4.69) is 44.7 Å². The first-order chi connectivity index (χ1) is 13.8. The van der Waals surface area contributed by atoms with Gasteiger partial charge in [-0.25, -0.2) is 4.98 Å². The maximum Gasteiger partial charge on any atom is 0.261 e. The first kappa shape index (κ1) is 22.0. The second-order valence-electron chi connectivity index (χ2n) is 7.01. The molecule has 0 atom stereocenters. The number of fused-ring (bicyclic) bond motifs is 1. The molecule has 2 aromatic carbocycles. The molecule has 0 aliphatic rings. The zero-order valence-electron chi connectivity index (χ0n) is 17.1. The molecular weight excluding hydrogens is 425 g/mol. The van der Waals surface area contributed by atoms with Crippen LogP contribution >= 0.6 is 34.5 Å². The third kappa shape index (κ3) is 4.92. The highest BCUT2D eigenvalue weighted by molar-refractivity contribution is 7.22. The number of aromatic nitrogens is 1. The molecule has 0 saturated heterocycles. The van der Waals surface area contributed by atoms with E-state index < -0.39 is 0 Å². The van der Waals surface area contributed by atoms with Crippen molar-refractivity contribution in [2.75, 3.05) is 31.1 Å².